The minimum absolute atomic E-state index is 0.237. The monoisotopic (exact) mass is 278 g/mol. The number of fused-ring (bicyclic) bond motifs is 2. The van der Waals surface area contributed by atoms with Crippen LogP contribution in [-0.4, -0.2) is 35.5 Å². The van der Waals surface area contributed by atoms with Gasteiger partial charge >= 0.3 is 0 Å². The minimum Gasteiger partial charge on any atom is -0.335 e. The van der Waals surface area contributed by atoms with Crippen molar-refractivity contribution in [2.45, 2.75) is 57.7 Å². The SMILES string of the molecule is CCN(C(=O)c1sccc1C)C1CC2CCC(C1)N2. The number of nitrogens with one attached hydrogen (secondary N) is 1. The first-order chi connectivity index (χ1) is 9.19. The van der Waals surface area contributed by atoms with Crippen LogP contribution < -0.4 is 5.32 Å². The molecule has 2 atom stereocenters. The van der Waals surface area contributed by atoms with Crippen molar-refractivity contribution in [1.29, 1.82) is 0 Å². The minimum atomic E-state index is 0.237. The number of rotatable bonds is 3. The number of nitrogens with zero attached hydrogens (tertiary/aromatic N) is 1. The third-order valence-electron chi connectivity index (χ3n) is 4.55. The number of hydrogen-bond donors (Lipinski definition) is 1. The summed E-state index contributed by atoms with van der Waals surface area (Å²) in [5.41, 5.74) is 1.12. The molecule has 104 valence electrons. The van der Waals surface area contributed by atoms with Crippen LogP contribution in [0.1, 0.15) is 47.8 Å². The average Bonchev–Trinajstić information content (AvgIpc) is 2.96. The molecule has 1 amide bonds. The average molecular weight is 278 g/mol. The van der Waals surface area contributed by atoms with E-state index in [1.165, 1.54) is 12.8 Å². The van der Waals surface area contributed by atoms with E-state index in [2.05, 4.69) is 17.1 Å². The molecule has 1 N–H and O–H groups in total. The molecule has 0 radical (unpaired) electrons. The second-order valence-corrected chi connectivity index (χ2v) is 6.70. The summed E-state index contributed by atoms with van der Waals surface area (Å²) in [6.45, 7) is 4.95. The van der Waals surface area contributed by atoms with Gasteiger partial charge in [0.15, 0.2) is 0 Å². The fourth-order valence-electron chi connectivity index (χ4n) is 3.57. The number of amides is 1. The van der Waals surface area contributed by atoms with Crippen LogP contribution in [0.25, 0.3) is 0 Å². The molecule has 19 heavy (non-hydrogen) atoms. The summed E-state index contributed by atoms with van der Waals surface area (Å²) >= 11 is 1.58. The number of carbonyl (C=O) groups is 1. The Bertz CT molecular complexity index is 458. The molecule has 0 aromatic carbocycles. The second-order valence-electron chi connectivity index (χ2n) is 5.79. The molecule has 2 aliphatic rings. The van der Waals surface area contributed by atoms with E-state index in [-0.39, 0.29) is 5.91 Å². The van der Waals surface area contributed by atoms with E-state index in [0.717, 1.165) is 29.8 Å². The Kier molecular flexibility index (Phi) is 3.63. The molecular formula is C15H22N2OS. The van der Waals surface area contributed by atoms with Crippen LogP contribution in [0.3, 0.4) is 0 Å². The summed E-state index contributed by atoms with van der Waals surface area (Å²) in [4.78, 5) is 15.7. The number of thiophene rings is 1. The molecule has 2 fully saturated rings. The van der Waals surface area contributed by atoms with Crippen molar-refractivity contribution in [2.24, 2.45) is 0 Å². The largest absolute Gasteiger partial charge is 0.335 e. The molecule has 2 bridgehead atoms. The summed E-state index contributed by atoms with van der Waals surface area (Å²) < 4.78 is 0. The zero-order chi connectivity index (χ0) is 13.4. The van der Waals surface area contributed by atoms with Crippen molar-refractivity contribution in [1.82, 2.24) is 10.2 Å². The summed E-state index contributed by atoms with van der Waals surface area (Å²) in [6, 6.07) is 3.74. The van der Waals surface area contributed by atoms with Crippen LogP contribution in [-0.2, 0) is 0 Å². The normalized spacial score (nSPS) is 29.5. The van der Waals surface area contributed by atoms with Crippen molar-refractivity contribution >= 4 is 17.2 Å². The molecule has 0 spiro atoms. The molecular weight excluding hydrogens is 256 g/mol. The Morgan fingerprint density at radius 2 is 2.11 bits per heavy atom. The Balaban J connectivity index is 1.77. The molecule has 2 aliphatic heterocycles. The maximum absolute atomic E-state index is 12.7. The maximum Gasteiger partial charge on any atom is 0.264 e. The van der Waals surface area contributed by atoms with E-state index in [1.807, 2.05) is 18.4 Å². The zero-order valence-electron chi connectivity index (χ0n) is 11.7. The molecule has 3 heterocycles. The lowest BCUT2D eigenvalue weighted by Gasteiger charge is -2.37. The first-order valence-electron chi connectivity index (χ1n) is 7.30. The van der Waals surface area contributed by atoms with Gasteiger partial charge in [0.05, 0.1) is 4.88 Å². The number of carbonyl (C=O) groups excluding carboxylic acids is 1. The highest BCUT2D eigenvalue weighted by Gasteiger charge is 2.37. The van der Waals surface area contributed by atoms with E-state index in [1.54, 1.807) is 11.3 Å². The fraction of sp³-hybridized carbons (Fsp3) is 0.667. The Morgan fingerprint density at radius 1 is 1.42 bits per heavy atom. The van der Waals surface area contributed by atoms with E-state index in [0.29, 0.717) is 18.1 Å². The third-order valence-corrected chi connectivity index (χ3v) is 5.55. The predicted octanol–water partition coefficient (Wildman–Crippen LogP) is 2.80. The number of aryl methyl sites for hydroxylation is 1. The van der Waals surface area contributed by atoms with Gasteiger partial charge < -0.3 is 10.2 Å². The molecule has 0 aliphatic carbocycles. The standard InChI is InChI=1S/C15H22N2OS/c1-3-17(15(18)14-10(2)6-7-19-14)13-8-11-4-5-12(9-13)16-11/h6-7,11-13,16H,3-5,8-9H2,1-2H3. The van der Waals surface area contributed by atoms with Gasteiger partial charge in [-0.1, -0.05) is 0 Å². The fourth-order valence-corrected chi connectivity index (χ4v) is 4.45. The highest BCUT2D eigenvalue weighted by Crippen LogP contribution is 2.31. The van der Waals surface area contributed by atoms with Crippen molar-refractivity contribution in [3.8, 4) is 0 Å². The van der Waals surface area contributed by atoms with E-state index < -0.39 is 0 Å². The van der Waals surface area contributed by atoms with Crippen LogP contribution in [0.2, 0.25) is 0 Å². The molecule has 3 rings (SSSR count). The van der Waals surface area contributed by atoms with Gasteiger partial charge in [0.1, 0.15) is 0 Å². The molecule has 2 saturated heterocycles. The Morgan fingerprint density at radius 3 is 2.63 bits per heavy atom. The molecule has 2 unspecified atom stereocenters. The van der Waals surface area contributed by atoms with Gasteiger partial charge in [-0.25, -0.2) is 0 Å². The molecule has 4 heteroatoms. The van der Waals surface area contributed by atoms with Gasteiger partial charge in [-0.2, -0.15) is 0 Å². The van der Waals surface area contributed by atoms with Gasteiger partial charge in [-0.15, -0.1) is 11.3 Å². The summed E-state index contributed by atoms with van der Waals surface area (Å²) in [6.07, 6.45) is 4.82. The summed E-state index contributed by atoms with van der Waals surface area (Å²) in [5, 5.41) is 5.67. The Labute approximate surface area is 119 Å². The highest BCUT2D eigenvalue weighted by atomic mass is 32.1. The van der Waals surface area contributed by atoms with E-state index in [9.17, 15) is 4.79 Å². The molecule has 1 aromatic rings. The van der Waals surface area contributed by atoms with Crippen LogP contribution in [0.15, 0.2) is 11.4 Å². The first-order valence-corrected chi connectivity index (χ1v) is 8.18. The van der Waals surface area contributed by atoms with E-state index in [4.69, 9.17) is 0 Å². The lowest BCUT2D eigenvalue weighted by molar-refractivity contribution is 0.0635. The van der Waals surface area contributed by atoms with Crippen LogP contribution >= 0.6 is 11.3 Å². The van der Waals surface area contributed by atoms with Gasteiger partial charge in [0, 0.05) is 24.7 Å². The summed E-state index contributed by atoms with van der Waals surface area (Å²) in [5.74, 6) is 0.237. The molecule has 3 nitrogen and oxygen atoms in total. The lowest BCUT2D eigenvalue weighted by atomic mass is 9.98. The topological polar surface area (TPSA) is 32.3 Å². The van der Waals surface area contributed by atoms with Gasteiger partial charge in [0.2, 0.25) is 0 Å². The van der Waals surface area contributed by atoms with Crippen LogP contribution in [0.5, 0.6) is 0 Å². The molecule has 0 saturated carbocycles. The van der Waals surface area contributed by atoms with Crippen molar-refractivity contribution in [3.63, 3.8) is 0 Å². The predicted molar refractivity (Wildman–Crippen MR) is 78.7 cm³/mol. The van der Waals surface area contributed by atoms with Crippen LogP contribution in [0, 0.1) is 6.92 Å². The van der Waals surface area contributed by atoms with Crippen molar-refractivity contribution in [2.75, 3.05) is 6.54 Å². The highest BCUT2D eigenvalue weighted by molar-refractivity contribution is 7.12. The van der Waals surface area contributed by atoms with Crippen LogP contribution in [0.4, 0.5) is 0 Å². The van der Waals surface area contributed by atoms with Crippen molar-refractivity contribution in [3.05, 3.63) is 21.9 Å². The van der Waals surface area contributed by atoms with Gasteiger partial charge in [-0.05, 0) is 56.5 Å². The number of hydrogen-bond acceptors (Lipinski definition) is 3. The van der Waals surface area contributed by atoms with E-state index >= 15 is 0 Å². The molecule has 1 aromatic heterocycles. The summed E-state index contributed by atoms with van der Waals surface area (Å²) in [7, 11) is 0. The smallest absolute Gasteiger partial charge is 0.264 e. The third kappa shape index (κ3) is 2.43. The zero-order valence-corrected chi connectivity index (χ0v) is 12.5. The number of piperidine rings is 1. The first kappa shape index (κ1) is 13.1. The Hall–Kier alpha value is -0.870. The van der Waals surface area contributed by atoms with Gasteiger partial charge in [-0.3, -0.25) is 4.79 Å². The van der Waals surface area contributed by atoms with Gasteiger partial charge in [0.25, 0.3) is 5.91 Å². The maximum atomic E-state index is 12.7. The second kappa shape index (κ2) is 5.25. The van der Waals surface area contributed by atoms with Crippen molar-refractivity contribution < 1.29 is 4.79 Å². The lowest BCUT2D eigenvalue weighted by Crippen LogP contribution is -2.50. The quantitative estimate of drug-likeness (QED) is 0.922.